The van der Waals surface area contributed by atoms with E-state index in [4.69, 9.17) is 9.97 Å². The zero-order valence-electron chi connectivity index (χ0n) is 20.0. The van der Waals surface area contributed by atoms with Crippen molar-refractivity contribution < 1.29 is 8.78 Å². The molecule has 1 aliphatic heterocycles. The van der Waals surface area contributed by atoms with Crippen LogP contribution >= 0.6 is 0 Å². The minimum Gasteiger partial charge on any atom is -0.367 e. The van der Waals surface area contributed by atoms with Gasteiger partial charge in [0.1, 0.15) is 11.6 Å². The summed E-state index contributed by atoms with van der Waals surface area (Å²) in [6, 6.07) is 6.08. The quantitative estimate of drug-likeness (QED) is 0.319. The molecule has 0 amide bonds. The number of halogens is 2. The first-order valence-electron chi connectivity index (χ1n) is 12.1. The topological polar surface area (TPSA) is 101 Å². The summed E-state index contributed by atoms with van der Waals surface area (Å²) in [5.41, 5.74) is 3.42. The average Bonchev–Trinajstić information content (AvgIpc) is 2.85. The highest BCUT2D eigenvalue weighted by molar-refractivity contribution is 6.02. The highest BCUT2D eigenvalue weighted by atomic mass is 19.1. The summed E-state index contributed by atoms with van der Waals surface area (Å²) in [6.45, 7) is 3.11. The van der Waals surface area contributed by atoms with Gasteiger partial charge < -0.3 is 16.0 Å². The van der Waals surface area contributed by atoms with E-state index in [0.29, 0.717) is 22.9 Å². The molecule has 4 aromatic heterocycles. The second-order valence-electron chi connectivity index (χ2n) is 9.20. The Bertz CT molecular complexity index is 1550. The fraction of sp³-hybridized carbons (Fsp3) is 0.222. The highest BCUT2D eigenvalue weighted by Crippen LogP contribution is 2.34. The molecule has 5 heterocycles. The van der Waals surface area contributed by atoms with Gasteiger partial charge in [-0.15, -0.1) is 0 Å². The Hall–Kier alpha value is -4.31. The number of nitrogens with one attached hydrogen (secondary N) is 3. The molecule has 2 unspecified atom stereocenters. The molecule has 3 N–H and O–H groups in total. The standard InChI is InChI=1S/C27H24F2N8/c1-15-11-18(8-10-31-15)33-27-24-19(16-3-2-4-16)13-30-14-21(24)34-25(37-27)17-7-9-32-23(12-17)36-26-20(28)5-6-22(29)35-26/h2-7,9,12-15,18,31H,8,10-11H2,1H3,(H,32,35,36)(H,33,34,37). The van der Waals surface area contributed by atoms with Crippen molar-refractivity contribution in [3.63, 3.8) is 0 Å². The van der Waals surface area contributed by atoms with E-state index in [9.17, 15) is 8.78 Å². The van der Waals surface area contributed by atoms with Crippen molar-refractivity contribution >= 4 is 33.9 Å². The number of aromatic nitrogens is 5. The number of nitrogens with zero attached hydrogens (tertiary/aromatic N) is 5. The monoisotopic (exact) mass is 498 g/mol. The first-order valence-corrected chi connectivity index (χ1v) is 12.1. The smallest absolute Gasteiger partial charge is 0.214 e. The molecule has 1 saturated heterocycles. The largest absolute Gasteiger partial charge is 0.367 e. The van der Waals surface area contributed by atoms with E-state index in [1.165, 1.54) is 0 Å². The number of hydrogen-bond donors (Lipinski definition) is 3. The van der Waals surface area contributed by atoms with Gasteiger partial charge in [0.05, 0.1) is 17.1 Å². The van der Waals surface area contributed by atoms with Gasteiger partial charge >= 0.3 is 0 Å². The zero-order chi connectivity index (χ0) is 25.4. The number of pyridine rings is 3. The Morgan fingerprint density at radius 2 is 1.95 bits per heavy atom. The minimum atomic E-state index is -0.791. The van der Waals surface area contributed by atoms with Crippen LogP contribution in [0.1, 0.15) is 25.3 Å². The third-order valence-electron chi connectivity index (χ3n) is 6.51. The Balaban J connectivity index is 1.41. The maximum atomic E-state index is 14.1. The van der Waals surface area contributed by atoms with E-state index in [1.54, 1.807) is 24.5 Å². The SMILES string of the molecule is CC1CC(Nc2nc(-c3ccnc(Nc4nc(F)ccc4F)c3)nc3cncc(C4=CC=C4)c23)CCN1. The van der Waals surface area contributed by atoms with Crippen LogP contribution in [0.25, 0.3) is 27.9 Å². The van der Waals surface area contributed by atoms with Crippen molar-refractivity contribution in [1.29, 1.82) is 0 Å². The second kappa shape index (κ2) is 9.62. The lowest BCUT2D eigenvalue weighted by Gasteiger charge is -2.29. The Labute approximate surface area is 212 Å². The van der Waals surface area contributed by atoms with Crippen LogP contribution in [0.5, 0.6) is 0 Å². The van der Waals surface area contributed by atoms with Crippen molar-refractivity contribution in [2.45, 2.75) is 31.8 Å². The number of fused-ring (bicyclic) bond motifs is 1. The average molecular weight is 499 g/mol. The Morgan fingerprint density at radius 1 is 1.05 bits per heavy atom. The molecule has 0 bridgehead atoms. The number of piperidine rings is 1. The molecule has 0 radical (unpaired) electrons. The van der Waals surface area contributed by atoms with Gasteiger partial charge in [-0.3, -0.25) is 4.98 Å². The first-order chi connectivity index (χ1) is 18.0. The molecule has 0 saturated carbocycles. The lowest BCUT2D eigenvalue weighted by Crippen LogP contribution is -2.41. The summed E-state index contributed by atoms with van der Waals surface area (Å²) < 4.78 is 27.7. The summed E-state index contributed by atoms with van der Waals surface area (Å²) >= 11 is 0. The van der Waals surface area contributed by atoms with E-state index in [1.807, 2.05) is 24.4 Å². The molecular weight excluding hydrogens is 474 g/mol. The first kappa shape index (κ1) is 23.1. The predicted molar refractivity (Wildman–Crippen MR) is 139 cm³/mol. The molecule has 2 aliphatic rings. The van der Waals surface area contributed by atoms with Crippen LogP contribution in [0.15, 0.2) is 61.1 Å². The van der Waals surface area contributed by atoms with Crippen LogP contribution in [-0.4, -0.2) is 43.5 Å². The van der Waals surface area contributed by atoms with E-state index in [-0.39, 0.29) is 17.7 Å². The molecule has 37 heavy (non-hydrogen) atoms. The molecular formula is C27H24F2N8. The van der Waals surface area contributed by atoms with E-state index in [0.717, 1.165) is 53.9 Å². The van der Waals surface area contributed by atoms with Crippen LogP contribution in [0.3, 0.4) is 0 Å². The molecule has 0 spiro atoms. The van der Waals surface area contributed by atoms with Gasteiger partial charge in [0.2, 0.25) is 5.95 Å². The third-order valence-corrected chi connectivity index (χ3v) is 6.51. The van der Waals surface area contributed by atoms with Crippen LogP contribution in [-0.2, 0) is 0 Å². The van der Waals surface area contributed by atoms with Crippen molar-refractivity contribution in [2.24, 2.45) is 0 Å². The van der Waals surface area contributed by atoms with E-state index in [2.05, 4.69) is 37.8 Å². The van der Waals surface area contributed by atoms with Gasteiger partial charge in [0.15, 0.2) is 17.5 Å². The zero-order valence-corrected chi connectivity index (χ0v) is 20.0. The molecule has 4 aromatic rings. The van der Waals surface area contributed by atoms with Crippen LogP contribution in [0.4, 0.5) is 26.2 Å². The molecule has 6 rings (SSSR count). The van der Waals surface area contributed by atoms with Crippen molar-refractivity contribution in [1.82, 2.24) is 30.2 Å². The maximum Gasteiger partial charge on any atom is 0.214 e. The van der Waals surface area contributed by atoms with Gasteiger partial charge in [0, 0.05) is 35.6 Å². The Morgan fingerprint density at radius 3 is 2.76 bits per heavy atom. The third kappa shape index (κ3) is 4.75. The van der Waals surface area contributed by atoms with Gasteiger partial charge in [-0.2, -0.15) is 9.37 Å². The predicted octanol–water partition coefficient (Wildman–Crippen LogP) is 5.01. The molecule has 186 valence electrons. The van der Waals surface area contributed by atoms with Crippen LogP contribution in [0.2, 0.25) is 0 Å². The normalized spacial score (nSPS) is 18.8. The van der Waals surface area contributed by atoms with Gasteiger partial charge in [-0.05, 0) is 56.1 Å². The fourth-order valence-electron chi connectivity index (χ4n) is 4.63. The van der Waals surface area contributed by atoms with Gasteiger partial charge in [0.25, 0.3) is 0 Å². The number of hydrogen-bond acceptors (Lipinski definition) is 8. The molecule has 0 aromatic carbocycles. The Kier molecular flexibility index (Phi) is 6.01. The van der Waals surface area contributed by atoms with Gasteiger partial charge in [-0.25, -0.2) is 19.3 Å². The minimum absolute atomic E-state index is 0.248. The number of rotatable bonds is 6. The number of anilines is 3. The second-order valence-corrected chi connectivity index (χ2v) is 9.20. The summed E-state index contributed by atoms with van der Waals surface area (Å²) in [7, 11) is 0. The molecule has 1 aliphatic carbocycles. The summed E-state index contributed by atoms with van der Waals surface area (Å²) in [5.74, 6) is -0.232. The highest BCUT2D eigenvalue weighted by Gasteiger charge is 2.22. The molecule has 8 nitrogen and oxygen atoms in total. The molecule has 10 heteroatoms. The van der Waals surface area contributed by atoms with Crippen LogP contribution in [0, 0.1) is 11.8 Å². The molecule has 1 fully saturated rings. The van der Waals surface area contributed by atoms with Crippen molar-refractivity contribution in [3.05, 3.63) is 78.4 Å². The summed E-state index contributed by atoms with van der Waals surface area (Å²) in [5, 5.41) is 10.8. The maximum absolute atomic E-state index is 14.1. The van der Waals surface area contributed by atoms with E-state index >= 15 is 0 Å². The fourth-order valence-corrected chi connectivity index (χ4v) is 4.63. The van der Waals surface area contributed by atoms with E-state index < -0.39 is 11.8 Å². The molecule has 2 atom stereocenters. The number of allylic oxidation sites excluding steroid dienone is 4. The summed E-state index contributed by atoms with van der Waals surface area (Å²) in [6.07, 6.45) is 13.2. The van der Waals surface area contributed by atoms with Gasteiger partial charge in [-0.1, -0.05) is 18.2 Å². The summed E-state index contributed by atoms with van der Waals surface area (Å²) in [4.78, 5) is 22.0. The lowest BCUT2D eigenvalue weighted by molar-refractivity contribution is 0.396. The lowest BCUT2D eigenvalue weighted by atomic mass is 9.96. The van der Waals surface area contributed by atoms with Crippen molar-refractivity contribution in [2.75, 3.05) is 17.2 Å². The van der Waals surface area contributed by atoms with Crippen molar-refractivity contribution in [3.8, 4) is 11.4 Å². The van der Waals surface area contributed by atoms with Crippen LogP contribution < -0.4 is 16.0 Å².